The van der Waals surface area contributed by atoms with Gasteiger partial charge in [-0.05, 0) is 40.5 Å². The van der Waals surface area contributed by atoms with Crippen molar-refractivity contribution >= 4 is 27.3 Å². The van der Waals surface area contributed by atoms with Crippen molar-refractivity contribution in [1.82, 2.24) is 0 Å². The number of anilines is 2. The van der Waals surface area contributed by atoms with Crippen LogP contribution in [0.5, 0.6) is 0 Å². The molecule has 0 aliphatic carbocycles. The van der Waals surface area contributed by atoms with E-state index in [9.17, 15) is 13.2 Å². The molecule has 0 spiro atoms. The fourth-order valence-electron chi connectivity index (χ4n) is 1.33. The lowest BCUT2D eigenvalue weighted by Gasteiger charge is -2.23. The third-order valence-corrected chi connectivity index (χ3v) is 2.80. The zero-order valence-corrected chi connectivity index (χ0v) is 10.5. The second kappa shape index (κ2) is 4.53. The zero-order chi connectivity index (χ0) is 12.5. The number of nitrogens with two attached hydrogens (primary N) is 1. The van der Waals surface area contributed by atoms with E-state index in [1.54, 1.807) is 19.1 Å². The van der Waals surface area contributed by atoms with Crippen LogP contribution in [-0.4, -0.2) is 19.8 Å². The second-order valence-electron chi connectivity index (χ2n) is 3.63. The van der Waals surface area contributed by atoms with Crippen LogP contribution < -0.4 is 10.6 Å². The lowest BCUT2D eigenvalue weighted by atomic mass is 10.1. The molecule has 1 aromatic carbocycles. The predicted molar refractivity (Wildman–Crippen MR) is 62.6 cm³/mol. The molecule has 90 valence electrons. The highest BCUT2D eigenvalue weighted by atomic mass is 79.9. The lowest BCUT2D eigenvalue weighted by molar-refractivity contribution is -0.119. The maximum absolute atomic E-state index is 12.2. The highest BCUT2D eigenvalue weighted by molar-refractivity contribution is 9.10. The summed E-state index contributed by atoms with van der Waals surface area (Å²) < 4.78 is 37.2. The van der Waals surface area contributed by atoms with Crippen molar-refractivity contribution < 1.29 is 13.2 Å². The molecule has 0 amide bonds. The summed E-state index contributed by atoms with van der Waals surface area (Å²) in [5, 5.41) is 0. The molecule has 0 aliphatic heterocycles. The summed E-state index contributed by atoms with van der Waals surface area (Å²) in [5.41, 5.74) is 7.43. The molecule has 0 saturated carbocycles. The van der Waals surface area contributed by atoms with Gasteiger partial charge in [0.05, 0.1) is 5.69 Å². The van der Waals surface area contributed by atoms with Crippen LogP contribution in [0.15, 0.2) is 16.6 Å². The van der Waals surface area contributed by atoms with Gasteiger partial charge in [-0.3, -0.25) is 0 Å². The summed E-state index contributed by atoms with van der Waals surface area (Å²) in [7, 11) is 1.39. The minimum atomic E-state index is -4.22. The van der Waals surface area contributed by atoms with E-state index in [1.165, 1.54) is 7.05 Å². The SMILES string of the molecule is Cc1cc(N(C)CC(F)(F)F)c(Br)cc1N. The number of rotatable bonds is 2. The molecule has 0 fully saturated rings. The molecule has 0 saturated heterocycles. The quantitative estimate of drug-likeness (QED) is 0.848. The largest absolute Gasteiger partial charge is 0.405 e. The van der Waals surface area contributed by atoms with E-state index in [0.29, 0.717) is 15.8 Å². The third kappa shape index (κ3) is 3.30. The van der Waals surface area contributed by atoms with Crippen LogP contribution in [0.25, 0.3) is 0 Å². The number of hydrogen-bond acceptors (Lipinski definition) is 2. The number of benzene rings is 1. The molecule has 0 aliphatic rings. The molecule has 16 heavy (non-hydrogen) atoms. The molecule has 6 heteroatoms. The molecular formula is C10H12BrF3N2. The monoisotopic (exact) mass is 296 g/mol. The smallest absolute Gasteiger partial charge is 0.398 e. The van der Waals surface area contributed by atoms with Crippen LogP contribution in [-0.2, 0) is 0 Å². The normalized spacial score (nSPS) is 11.6. The number of alkyl halides is 3. The summed E-state index contributed by atoms with van der Waals surface area (Å²) in [6.07, 6.45) is -4.22. The molecule has 0 heterocycles. The van der Waals surface area contributed by atoms with E-state index in [-0.39, 0.29) is 0 Å². The van der Waals surface area contributed by atoms with Crippen molar-refractivity contribution in [3.05, 3.63) is 22.2 Å². The number of nitrogen functional groups attached to an aromatic ring is 1. The average molecular weight is 297 g/mol. The molecular weight excluding hydrogens is 285 g/mol. The Bertz CT molecular complexity index is 390. The molecule has 2 nitrogen and oxygen atoms in total. The molecule has 0 bridgehead atoms. The molecule has 0 radical (unpaired) electrons. The first-order chi connectivity index (χ1) is 7.20. The minimum Gasteiger partial charge on any atom is -0.398 e. The standard InChI is InChI=1S/C10H12BrF3N2/c1-6-3-9(7(11)4-8(6)15)16(2)5-10(12,13)14/h3-4H,5,15H2,1-2H3. The van der Waals surface area contributed by atoms with Gasteiger partial charge in [0, 0.05) is 17.2 Å². The Hall–Kier alpha value is -0.910. The van der Waals surface area contributed by atoms with Crippen LogP contribution in [0.1, 0.15) is 5.56 Å². The first-order valence-corrected chi connectivity index (χ1v) is 5.33. The molecule has 0 unspecified atom stereocenters. The van der Waals surface area contributed by atoms with Gasteiger partial charge in [0.25, 0.3) is 0 Å². The first-order valence-electron chi connectivity index (χ1n) is 4.54. The van der Waals surface area contributed by atoms with Gasteiger partial charge < -0.3 is 10.6 Å². The number of nitrogens with zero attached hydrogens (tertiary/aromatic N) is 1. The number of hydrogen-bond donors (Lipinski definition) is 1. The maximum atomic E-state index is 12.2. The fraction of sp³-hybridized carbons (Fsp3) is 0.400. The summed E-state index contributed by atoms with van der Waals surface area (Å²) in [4.78, 5) is 1.14. The van der Waals surface area contributed by atoms with Crippen molar-refractivity contribution in [2.75, 3.05) is 24.2 Å². The summed E-state index contributed by atoms with van der Waals surface area (Å²) in [6.45, 7) is 0.766. The van der Waals surface area contributed by atoms with E-state index in [4.69, 9.17) is 5.73 Å². The molecule has 1 rings (SSSR count). The summed E-state index contributed by atoms with van der Waals surface area (Å²) in [6, 6.07) is 3.24. The van der Waals surface area contributed by atoms with Gasteiger partial charge in [-0.1, -0.05) is 0 Å². The van der Waals surface area contributed by atoms with Crippen LogP contribution in [0.3, 0.4) is 0 Å². The van der Waals surface area contributed by atoms with Crippen molar-refractivity contribution in [3.8, 4) is 0 Å². The highest BCUT2D eigenvalue weighted by Gasteiger charge is 2.30. The Labute approximate surface area is 100 Å². The highest BCUT2D eigenvalue weighted by Crippen LogP contribution is 2.31. The number of halogens is 4. The maximum Gasteiger partial charge on any atom is 0.405 e. The Kier molecular flexibility index (Phi) is 3.72. The first kappa shape index (κ1) is 13.2. The van der Waals surface area contributed by atoms with E-state index < -0.39 is 12.7 Å². The van der Waals surface area contributed by atoms with Crippen molar-refractivity contribution in [2.24, 2.45) is 0 Å². The van der Waals surface area contributed by atoms with E-state index in [1.807, 2.05) is 0 Å². The number of aryl methyl sites for hydroxylation is 1. The molecule has 2 N–H and O–H groups in total. The van der Waals surface area contributed by atoms with Crippen LogP contribution in [0.2, 0.25) is 0 Å². The second-order valence-corrected chi connectivity index (χ2v) is 4.49. The van der Waals surface area contributed by atoms with Gasteiger partial charge in [0.15, 0.2) is 0 Å². The zero-order valence-electron chi connectivity index (χ0n) is 8.90. The van der Waals surface area contributed by atoms with Gasteiger partial charge in [-0.15, -0.1) is 0 Å². The average Bonchev–Trinajstić information content (AvgIpc) is 2.08. The van der Waals surface area contributed by atoms with Crippen molar-refractivity contribution in [2.45, 2.75) is 13.1 Å². The Morgan fingerprint density at radius 2 is 1.94 bits per heavy atom. The van der Waals surface area contributed by atoms with Crippen molar-refractivity contribution in [1.29, 1.82) is 0 Å². The van der Waals surface area contributed by atoms with Crippen LogP contribution in [0, 0.1) is 6.92 Å². The minimum absolute atomic E-state index is 0.476. The Morgan fingerprint density at radius 3 is 2.44 bits per heavy atom. The fourth-order valence-corrected chi connectivity index (χ4v) is 1.99. The predicted octanol–water partition coefficient (Wildman–Crippen LogP) is 3.34. The third-order valence-electron chi connectivity index (χ3n) is 2.16. The topological polar surface area (TPSA) is 29.3 Å². The summed E-state index contributed by atoms with van der Waals surface area (Å²) >= 11 is 3.20. The van der Waals surface area contributed by atoms with Crippen molar-refractivity contribution in [3.63, 3.8) is 0 Å². The Morgan fingerprint density at radius 1 is 1.38 bits per heavy atom. The van der Waals surface area contributed by atoms with Gasteiger partial charge in [-0.2, -0.15) is 13.2 Å². The van der Waals surface area contributed by atoms with E-state index in [0.717, 1.165) is 10.5 Å². The summed E-state index contributed by atoms with van der Waals surface area (Å²) in [5.74, 6) is 0. The van der Waals surface area contributed by atoms with E-state index >= 15 is 0 Å². The van der Waals surface area contributed by atoms with Gasteiger partial charge >= 0.3 is 6.18 Å². The Balaban J connectivity index is 3.00. The van der Waals surface area contributed by atoms with Gasteiger partial charge in [0.2, 0.25) is 0 Å². The van der Waals surface area contributed by atoms with Gasteiger partial charge in [0.1, 0.15) is 6.54 Å². The van der Waals surface area contributed by atoms with Crippen LogP contribution >= 0.6 is 15.9 Å². The van der Waals surface area contributed by atoms with Gasteiger partial charge in [-0.25, -0.2) is 0 Å². The molecule has 1 aromatic rings. The van der Waals surface area contributed by atoms with Crippen LogP contribution in [0.4, 0.5) is 24.5 Å². The van der Waals surface area contributed by atoms with E-state index in [2.05, 4.69) is 15.9 Å². The lowest BCUT2D eigenvalue weighted by Crippen LogP contribution is -2.31. The molecule has 0 atom stereocenters. The molecule has 0 aromatic heterocycles.